The van der Waals surface area contributed by atoms with Gasteiger partial charge in [0.05, 0.1) is 6.42 Å². The molecule has 0 saturated carbocycles. The van der Waals surface area contributed by atoms with Crippen LogP contribution in [0.25, 0.3) is 0 Å². The quantitative estimate of drug-likeness (QED) is 0.848. The van der Waals surface area contributed by atoms with Crippen LogP contribution in [0.4, 0.5) is 5.69 Å². The summed E-state index contributed by atoms with van der Waals surface area (Å²) in [5.74, 6) is 0.719. The molecule has 1 rings (SSSR count). The summed E-state index contributed by atoms with van der Waals surface area (Å²) in [7, 11) is 3.57. The van der Waals surface area contributed by atoms with Gasteiger partial charge in [-0.05, 0) is 17.5 Å². The van der Waals surface area contributed by atoms with Crippen LogP contribution in [-0.2, 0) is 11.2 Å². The van der Waals surface area contributed by atoms with Crippen LogP contribution in [0.1, 0.15) is 19.4 Å². The maximum Gasteiger partial charge on any atom is 0.226 e. The number of carbonyl (C=O) groups excluding carboxylic acids is 1. The first-order chi connectivity index (χ1) is 8.00. The van der Waals surface area contributed by atoms with E-state index < -0.39 is 0 Å². The van der Waals surface area contributed by atoms with Crippen LogP contribution in [-0.4, -0.2) is 31.4 Å². The van der Waals surface area contributed by atoms with Crippen molar-refractivity contribution in [3.05, 3.63) is 29.8 Å². The fourth-order valence-corrected chi connectivity index (χ4v) is 1.48. The molecule has 0 radical (unpaired) electrons. The van der Waals surface area contributed by atoms with Crippen LogP contribution < -0.4 is 5.32 Å². The van der Waals surface area contributed by atoms with Crippen molar-refractivity contribution >= 4 is 11.6 Å². The van der Waals surface area contributed by atoms with Crippen molar-refractivity contribution in [3.63, 3.8) is 0 Å². The van der Waals surface area contributed by atoms with Gasteiger partial charge in [-0.3, -0.25) is 4.79 Å². The molecular weight excluding hydrogens is 212 g/mol. The zero-order chi connectivity index (χ0) is 12.8. The van der Waals surface area contributed by atoms with Crippen molar-refractivity contribution in [3.8, 4) is 0 Å². The molecule has 0 atom stereocenters. The molecule has 0 heterocycles. The van der Waals surface area contributed by atoms with E-state index in [1.807, 2.05) is 24.3 Å². The van der Waals surface area contributed by atoms with Crippen LogP contribution in [0.15, 0.2) is 24.3 Å². The number of amides is 1. The molecule has 1 aromatic rings. The van der Waals surface area contributed by atoms with E-state index in [1.54, 1.807) is 19.0 Å². The maximum atomic E-state index is 11.7. The number of hydrogen-bond acceptors (Lipinski definition) is 2. The number of benzene rings is 1. The molecule has 1 N–H and O–H groups in total. The number of nitrogens with one attached hydrogen (secondary N) is 1. The Hall–Kier alpha value is -1.51. The van der Waals surface area contributed by atoms with Crippen molar-refractivity contribution in [2.75, 3.05) is 26.0 Å². The predicted molar refractivity (Wildman–Crippen MR) is 72.2 cm³/mol. The molecule has 0 saturated heterocycles. The Balaban J connectivity index is 2.74. The molecule has 0 aromatic heterocycles. The Morgan fingerprint density at radius 3 is 2.53 bits per heavy atom. The Morgan fingerprint density at radius 2 is 1.94 bits per heavy atom. The molecule has 0 fully saturated rings. The fourth-order valence-electron chi connectivity index (χ4n) is 1.48. The number of carbonyl (C=O) groups is 1. The Morgan fingerprint density at radius 1 is 1.29 bits per heavy atom. The highest BCUT2D eigenvalue weighted by atomic mass is 16.2. The molecule has 0 bridgehead atoms. The van der Waals surface area contributed by atoms with Gasteiger partial charge in [0.25, 0.3) is 0 Å². The molecule has 0 aliphatic heterocycles. The molecule has 3 heteroatoms. The molecule has 17 heavy (non-hydrogen) atoms. The van der Waals surface area contributed by atoms with Gasteiger partial charge in [0.2, 0.25) is 5.91 Å². The lowest BCUT2D eigenvalue weighted by molar-refractivity contribution is -0.127. The van der Waals surface area contributed by atoms with Gasteiger partial charge in [0, 0.05) is 26.3 Å². The van der Waals surface area contributed by atoms with Crippen LogP contribution in [0, 0.1) is 5.92 Å². The van der Waals surface area contributed by atoms with Gasteiger partial charge in [0.1, 0.15) is 0 Å². The summed E-state index contributed by atoms with van der Waals surface area (Å²) in [5.41, 5.74) is 2.13. The molecule has 0 aliphatic rings. The summed E-state index contributed by atoms with van der Waals surface area (Å²) < 4.78 is 0. The van der Waals surface area contributed by atoms with Crippen LogP contribution in [0.3, 0.4) is 0 Å². The topological polar surface area (TPSA) is 32.3 Å². The van der Waals surface area contributed by atoms with Crippen LogP contribution in [0.2, 0.25) is 0 Å². The summed E-state index contributed by atoms with van der Waals surface area (Å²) >= 11 is 0. The zero-order valence-electron chi connectivity index (χ0n) is 11.2. The normalized spacial score (nSPS) is 10.4. The first-order valence-electron chi connectivity index (χ1n) is 6.02. The molecule has 0 aliphatic carbocycles. The monoisotopic (exact) mass is 234 g/mol. The van der Waals surface area contributed by atoms with E-state index in [2.05, 4.69) is 19.2 Å². The zero-order valence-corrected chi connectivity index (χ0v) is 11.2. The Kier molecular flexibility index (Phi) is 5.01. The van der Waals surface area contributed by atoms with Gasteiger partial charge in [0.15, 0.2) is 0 Å². The lowest BCUT2D eigenvalue weighted by Gasteiger charge is -2.15. The van der Waals surface area contributed by atoms with Crippen molar-refractivity contribution in [2.45, 2.75) is 20.3 Å². The van der Waals surface area contributed by atoms with E-state index in [-0.39, 0.29) is 5.91 Å². The third kappa shape index (κ3) is 4.47. The van der Waals surface area contributed by atoms with Gasteiger partial charge in [-0.2, -0.15) is 0 Å². The average Bonchev–Trinajstić information content (AvgIpc) is 2.27. The largest absolute Gasteiger partial charge is 0.385 e. The summed E-state index contributed by atoms with van der Waals surface area (Å²) in [5, 5.41) is 3.39. The number of hydrogen-bond donors (Lipinski definition) is 1. The third-order valence-corrected chi connectivity index (χ3v) is 2.56. The number of likely N-dealkylation sites (N-methyl/N-ethyl adjacent to an activating group) is 1. The van der Waals surface area contributed by atoms with E-state index in [9.17, 15) is 4.79 Å². The van der Waals surface area contributed by atoms with Gasteiger partial charge >= 0.3 is 0 Å². The minimum atomic E-state index is 0.129. The number of rotatable bonds is 5. The number of para-hydroxylation sites is 1. The van der Waals surface area contributed by atoms with Gasteiger partial charge in [-0.25, -0.2) is 0 Å². The highest BCUT2D eigenvalue weighted by Gasteiger charge is 2.09. The van der Waals surface area contributed by atoms with Crippen molar-refractivity contribution in [1.29, 1.82) is 0 Å². The molecule has 1 amide bonds. The highest BCUT2D eigenvalue weighted by Crippen LogP contribution is 2.16. The first kappa shape index (κ1) is 13.6. The average molecular weight is 234 g/mol. The molecular formula is C14H22N2O. The molecule has 1 aromatic carbocycles. The van der Waals surface area contributed by atoms with E-state index in [4.69, 9.17) is 0 Å². The third-order valence-electron chi connectivity index (χ3n) is 2.56. The standard InChI is InChI=1S/C14H22N2O/c1-11(2)10-15-13-8-6-5-7-12(13)9-14(17)16(3)4/h5-8,11,15H,9-10H2,1-4H3. The fraction of sp³-hybridized carbons (Fsp3) is 0.500. The SMILES string of the molecule is CC(C)CNc1ccccc1CC(=O)N(C)C. The number of anilines is 1. The van der Waals surface area contributed by atoms with Crippen molar-refractivity contribution in [1.82, 2.24) is 4.90 Å². The summed E-state index contributed by atoms with van der Waals surface area (Å²) in [6.45, 7) is 5.26. The lowest BCUT2D eigenvalue weighted by atomic mass is 10.1. The van der Waals surface area contributed by atoms with Crippen molar-refractivity contribution < 1.29 is 4.79 Å². The minimum absolute atomic E-state index is 0.129. The lowest BCUT2D eigenvalue weighted by Crippen LogP contribution is -2.24. The molecule has 94 valence electrons. The summed E-state index contributed by atoms with van der Waals surface area (Å²) in [6, 6.07) is 8.00. The van der Waals surface area contributed by atoms with E-state index >= 15 is 0 Å². The molecule has 0 spiro atoms. The first-order valence-corrected chi connectivity index (χ1v) is 6.02. The smallest absolute Gasteiger partial charge is 0.226 e. The highest BCUT2D eigenvalue weighted by molar-refractivity contribution is 5.80. The second kappa shape index (κ2) is 6.28. The van der Waals surface area contributed by atoms with Gasteiger partial charge < -0.3 is 10.2 Å². The predicted octanol–water partition coefficient (Wildman–Crippen LogP) is 2.39. The van der Waals surface area contributed by atoms with Crippen LogP contribution in [0.5, 0.6) is 0 Å². The van der Waals surface area contributed by atoms with E-state index in [1.165, 1.54) is 0 Å². The summed E-state index contributed by atoms with van der Waals surface area (Å²) in [6.07, 6.45) is 0.453. The van der Waals surface area contributed by atoms with E-state index in [0.717, 1.165) is 17.8 Å². The Labute approximate surface area is 104 Å². The number of nitrogens with zero attached hydrogens (tertiary/aromatic N) is 1. The van der Waals surface area contributed by atoms with E-state index in [0.29, 0.717) is 12.3 Å². The summed E-state index contributed by atoms with van der Waals surface area (Å²) in [4.78, 5) is 13.3. The van der Waals surface area contributed by atoms with Crippen molar-refractivity contribution in [2.24, 2.45) is 5.92 Å². The second-order valence-corrected chi connectivity index (χ2v) is 4.90. The van der Waals surface area contributed by atoms with Crippen LogP contribution >= 0.6 is 0 Å². The molecule has 0 unspecified atom stereocenters. The Bertz CT molecular complexity index is 372. The molecule has 3 nitrogen and oxygen atoms in total. The van der Waals surface area contributed by atoms with Gasteiger partial charge in [-0.15, -0.1) is 0 Å². The maximum absolute atomic E-state index is 11.7. The minimum Gasteiger partial charge on any atom is -0.385 e. The van der Waals surface area contributed by atoms with Gasteiger partial charge in [-0.1, -0.05) is 32.0 Å². The second-order valence-electron chi connectivity index (χ2n) is 4.90.